The molecule has 2 aromatic rings. The summed E-state index contributed by atoms with van der Waals surface area (Å²) in [6.45, 7) is 5.17. The molecule has 0 aromatic heterocycles. The second-order valence-corrected chi connectivity index (χ2v) is 7.00. The molecular weight excluding hydrogens is 389 g/mol. The molecule has 0 heterocycles. The highest BCUT2D eigenvalue weighted by Crippen LogP contribution is 2.27. The average Bonchev–Trinajstić information content (AvgIpc) is 2.61. The molecule has 0 unspecified atom stereocenters. The molecule has 0 bridgehead atoms. The van der Waals surface area contributed by atoms with Crippen molar-refractivity contribution in [3.05, 3.63) is 63.1 Å². The predicted octanol–water partition coefficient (Wildman–Crippen LogP) is 4.41. The molecule has 0 aliphatic carbocycles. The molecule has 1 N–H and O–H groups in total. The summed E-state index contributed by atoms with van der Waals surface area (Å²) < 4.78 is 10.2. The second kappa shape index (κ2) is 9.62. The number of rotatable bonds is 7. The van der Waals surface area contributed by atoms with Crippen LogP contribution in [0.5, 0.6) is 5.75 Å². The van der Waals surface area contributed by atoms with Gasteiger partial charge in [-0.15, -0.1) is 0 Å². The first-order chi connectivity index (χ1) is 12.8. The maximum Gasteiger partial charge on any atom is 0.344 e. The molecule has 0 aliphatic rings. The first-order valence-electron chi connectivity index (χ1n) is 8.36. The fourth-order valence-corrected chi connectivity index (χ4v) is 2.78. The quantitative estimate of drug-likeness (QED) is 0.687. The minimum atomic E-state index is -0.671. The number of halogens is 2. The van der Waals surface area contributed by atoms with Crippen LogP contribution in [0.15, 0.2) is 36.4 Å². The van der Waals surface area contributed by atoms with E-state index in [0.717, 1.165) is 11.1 Å². The van der Waals surface area contributed by atoms with Gasteiger partial charge in [0.25, 0.3) is 5.91 Å². The molecular formula is C20H21Cl2NO4. The molecule has 2 aromatic carbocycles. The van der Waals surface area contributed by atoms with Crippen molar-refractivity contribution in [2.24, 2.45) is 0 Å². The van der Waals surface area contributed by atoms with Crippen molar-refractivity contribution in [1.29, 1.82) is 0 Å². The van der Waals surface area contributed by atoms with Crippen LogP contribution in [-0.4, -0.2) is 25.1 Å². The lowest BCUT2D eigenvalue weighted by atomic mass is 10.0. The van der Waals surface area contributed by atoms with Gasteiger partial charge in [0.05, 0.1) is 11.1 Å². The van der Waals surface area contributed by atoms with Crippen molar-refractivity contribution >= 4 is 35.1 Å². The van der Waals surface area contributed by atoms with E-state index in [9.17, 15) is 9.59 Å². The van der Waals surface area contributed by atoms with Crippen molar-refractivity contribution < 1.29 is 19.1 Å². The molecule has 7 heteroatoms. The maximum absolute atomic E-state index is 12.0. The van der Waals surface area contributed by atoms with Crippen molar-refractivity contribution in [3.8, 4) is 5.75 Å². The summed E-state index contributed by atoms with van der Waals surface area (Å²) in [5, 5.41) is 3.54. The molecule has 0 saturated heterocycles. The summed E-state index contributed by atoms with van der Waals surface area (Å²) in [5.74, 6) is -0.751. The van der Waals surface area contributed by atoms with Crippen LogP contribution in [0, 0.1) is 13.8 Å². The third kappa shape index (κ3) is 6.45. The Bertz CT molecular complexity index is 839. The first kappa shape index (κ1) is 21.1. The normalized spacial score (nSPS) is 11.6. The maximum atomic E-state index is 12.0. The van der Waals surface area contributed by atoms with Gasteiger partial charge < -0.3 is 14.8 Å². The zero-order valence-corrected chi connectivity index (χ0v) is 16.9. The standard InChI is InChI=1S/C20H21Cl2NO4/c1-12-4-5-15(8-13(12)2)14(3)23-19(24)10-27-20(25)11-26-18-7-6-16(21)9-17(18)22/h4-9,14H,10-11H2,1-3H3,(H,23,24)/t14-/m0/s1. The number of hydrogen-bond donors (Lipinski definition) is 1. The average molecular weight is 410 g/mol. The fourth-order valence-electron chi connectivity index (χ4n) is 2.32. The monoisotopic (exact) mass is 409 g/mol. The van der Waals surface area contributed by atoms with Gasteiger partial charge >= 0.3 is 5.97 Å². The number of hydrogen-bond acceptors (Lipinski definition) is 4. The minimum absolute atomic E-state index is 0.195. The number of carbonyl (C=O) groups excluding carboxylic acids is 2. The van der Waals surface area contributed by atoms with E-state index in [1.54, 1.807) is 12.1 Å². The lowest BCUT2D eigenvalue weighted by Crippen LogP contribution is -2.32. The predicted molar refractivity (Wildman–Crippen MR) is 105 cm³/mol. The Labute approximate surface area is 168 Å². The van der Waals surface area contributed by atoms with Crippen LogP contribution in [0.4, 0.5) is 0 Å². The van der Waals surface area contributed by atoms with Crippen LogP contribution in [-0.2, 0) is 14.3 Å². The largest absolute Gasteiger partial charge is 0.480 e. The van der Waals surface area contributed by atoms with Crippen molar-refractivity contribution in [2.75, 3.05) is 13.2 Å². The van der Waals surface area contributed by atoms with Gasteiger partial charge in [0, 0.05) is 5.02 Å². The van der Waals surface area contributed by atoms with Gasteiger partial charge in [-0.1, -0.05) is 41.4 Å². The summed E-state index contributed by atoms with van der Waals surface area (Å²) in [5.41, 5.74) is 3.32. The molecule has 2 rings (SSSR count). The molecule has 0 aliphatic heterocycles. The van der Waals surface area contributed by atoms with Gasteiger partial charge in [-0.3, -0.25) is 4.79 Å². The topological polar surface area (TPSA) is 64.6 Å². The summed E-state index contributed by atoms with van der Waals surface area (Å²) in [6.07, 6.45) is 0. The first-order valence-corrected chi connectivity index (χ1v) is 9.12. The lowest BCUT2D eigenvalue weighted by Gasteiger charge is -2.16. The van der Waals surface area contributed by atoms with Crippen molar-refractivity contribution in [3.63, 3.8) is 0 Å². The van der Waals surface area contributed by atoms with E-state index in [4.69, 9.17) is 32.7 Å². The SMILES string of the molecule is Cc1ccc([C@H](C)NC(=O)COC(=O)COc2ccc(Cl)cc2Cl)cc1C. The number of esters is 1. The van der Waals surface area contributed by atoms with Gasteiger partial charge in [-0.2, -0.15) is 0 Å². The van der Waals surface area contributed by atoms with E-state index in [-0.39, 0.29) is 24.3 Å². The van der Waals surface area contributed by atoms with Gasteiger partial charge in [0.2, 0.25) is 0 Å². The van der Waals surface area contributed by atoms with Crippen molar-refractivity contribution in [1.82, 2.24) is 5.32 Å². The van der Waals surface area contributed by atoms with E-state index in [1.165, 1.54) is 11.6 Å². The van der Waals surface area contributed by atoms with E-state index < -0.39 is 11.9 Å². The lowest BCUT2D eigenvalue weighted by molar-refractivity contribution is -0.150. The third-order valence-electron chi connectivity index (χ3n) is 4.01. The highest BCUT2D eigenvalue weighted by molar-refractivity contribution is 6.35. The highest BCUT2D eigenvalue weighted by atomic mass is 35.5. The van der Waals surface area contributed by atoms with Crippen LogP contribution < -0.4 is 10.1 Å². The van der Waals surface area contributed by atoms with Gasteiger partial charge in [0.1, 0.15) is 5.75 Å². The molecule has 0 spiro atoms. The zero-order valence-electron chi connectivity index (χ0n) is 15.3. The molecule has 144 valence electrons. The zero-order chi connectivity index (χ0) is 20.0. The molecule has 1 atom stereocenters. The Kier molecular flexibility index (Phi) is 7.51. The van der Waals surface area contributed by atoms with Crippen LogP contribution in [0.25, 0.3) is 0 Å². The summed E-state index contributed by atoms with van der Waals surface area (Å²) >= 11 is 11.7. The number of ether oxygens (including phenoxy) is 2. The van der Waals surface area contributed by atoms with E-state index in [1.807, 2.05) is 39.0 Å². The van der Waals surface area contributed by atoms with Crippen LogP contribution in [0.1, 0.15) is 29.7 Å². The number of carbonyl (C=O) groups is 2. The van der Waals surface area contributed by atoms with Crippen LogP contribution in [0.3, 0.4) is 0 Å². The Morgan fingerprint density at radius 1 is 1.04 bits per heavy atom. The molecule has 0 fully saturated rings. The number of benzene rings is 2. The van der Waals surface area contributed by atoms with E-state index >= 15 is 0 Å². The molecule has 1 amide bonds. The number of amides is 1. The van der Waals surface area contributed by atoms with Crippen LogP contribution in [0.2, 0.25) is 10.0 Å². The summed E-state index contributed by atoms with van der Waals surface area (Å²) in [4.78, 5) is 23.7. The Morgan fingerprint density at radius 3 is 2.44 bits per heavy atom. The summed E-state index contributed by atoms with van der Waals surface area (Å²) in [6, 6.07) is 10.4. The van der Waals surface area contributed by atoms with Crippen molar-refractivity contribution in [2.45, 2.75) is 26.8 Å². The fraction of sp³-hybridized carbons (Fsp3) is 0.300. The van der Waals surface area contributed by atoms with Gasteiger partial charge in [0.15, 0.2) is 13.2 Å². The molecule has 0 saturated carbocycles. The Hall–Kier alpha value is -2.24. The highest BCUT2D eigenvalue weighted by Gasteiger charge is 2.13. The number of aryl methyl sites for hydroxylation is 2. The molecule has 0 radical (unpaired) electrons. The minimum Gasteiger partial charge on any atom is -0.480 e. The smallest absolute Gasteiger partial charge is 0.344 e. The Morgan fingerprint density at radius 2 is 1.78 bits per heavy atom. The molecule has 5 nitrogen and oxygen atoms in total. The van der Waals surface area contributed by atoms with Crippen LogP contribution >= 0.6 is 23.2 Å². The summed E-state index contributed by atoms with van der Waals surface area (Å²) in [7, 11) is 0. The van der Waals surface area contributed by atoms with Gasteiger partial charge in [-0.05, 0) is 55.7 Å². The third-order valence-corrected chi connectivity index (χ3v) is 4.54. The molecule has 27 heavy (non-hydrogen) atoms. The van der Waals surface area contributed by atoms with E-state index in [0.29, 0.717) is 10.8 Å². The Balaban J connectivity index is 1.77. The van der Waals surface area contributed by atoms with E-state index in [2.05, 4.69) is 5.32 Å². The second-order valence-electron chi connectivity index (χ2n) is 6.16. The van der Waals surface area contributed by atoms with Gasteiger partial charge in [-0.25, -0.2) is 4.79 Å². The number of nitrogens with one attached hydrogen (secondary N) is 1.